The Kier molecular flexibility index (Phi) is 7.06. The first-order chi connectivity index (χ1) is 13.3. The van der Waals surface area contributed by atoms with Gasteiger partial charge in [0.25, 0.3) is 5.91 Å². The second kappa shape index (κ2) is 9.27. The fourth-order valence-electron chi connectivity index (χ4n) is 2.31. The molecule has 1 amide bonds. The number of carbonyl (C=O) groups is 2. The molecule has 0 aliphatic carbocycles. The number of anilines is 1. The van der Waals surface area contributed by atoms with E-state index in [1.54, 1.807) is 0 Å². The van der Waals surface area contributed by atoms with Crippen molar-refractivity contribution in [1.29, 1.82) is 0 Å². The Labute approximate surface area is 166 Å². The number of halogens is 2. The molecule has 0 saturated heterocycles. The Balaban J connectivity index is 2.14. The van der Waals surface area contributed by atoms with Gasteiger partial charge in [0.15, 0.2) is 17.6 Å². The maximum Gasteiger partial charge on any atom is 0.339 e. The lowest BCUT2D eigenvalue weighted by molar-refractivity contribution is -0.123. The molecule has 0 heterocycles. The van der Waals surface area contributed by atoms with Gasteiger partial charge in [-0.1, -0.05) is 11.6 Å². The standard InChI is InChI=1S/C19H19ClFNO6/c1-10(18(23)22-14-6-5-12(21)9-13(14)20)28-19(24)11-7-15(25-2)17(27-4)16(8-11)26-3/h5-10H,1-4H3,(H,22,23)/t10-/m0/s1. The molecule has 1 atom stereocenters. The molecule has 2 aromatic carbocycles. The normalized spacial score (nSPS) is 11.4. The fourth-order valence-corrected chi connectivity index (χ4v) is 2.52. The van der Waals surface area contributed by atoms with Crippen LogP contribution in [0.5, 0.6) is 17.2 Å². The SMILES string of the molecule is COc1cc(C(=O)O[C@@H](C)C(=O)Nc2ccc(F)cc2Cl)cc(OC)c1OC. The predicted octanol–water partition coefficient (Wildman–Crippen LogP) is 3.69. The highest BCUT2D eigenvalue weighted by atomic mass is 35.5. The summed E-state index contributed by atoms with van der Waals surface area (Å²) in [7, 11) is 4.26. The lowest BCUT2D eigenvalue weighted by Gasteiger charge is -2.16. The summed E-state index contributed by atoms with van der Waals surface area (Å²) in [5.41, 5.74) is 0.303. The van der Waals surface area contributed by atoms with Gasteiger partial charge in [0, 0.05) is 0 Å². The smallest absolute Gasteiger partial charge is 0.339 e. The van der Waals surface area contributed by atoms with Crippen LogP contribution in [-0.4, -0.2) is 39.3 Å². The predicted molar refractivity (Wildman–Crippen MR) is 101 cm³/mol. The second-order valence-corrected chi connectivity index (χ2v) is 5.98. The Bertz CT molecular complexity index is 864. The molecule has 28 heavy (non-hydrogen) atoms. The van der Waals surface area contributed by atoms with Gasteiger partial charge >= 0.3 is 5.97 Å². The highest BCUT2D eigenvalue weighted by molar-refractivity contribution is 6.33. The summed E-state index contributed by atoms with van der Waals surface area (Å²) in [6.07, 6.45) is -1.15. The minimum absolute atomic E-state index is 0.0245. The molecule has 2 aromatic rings. The Morgan fingerprint density at radius 2 is 1.64 bits per heavy atom. The summed E-state index contributed by atoms with van der Waals surface area (Å²) < 4.78 is 33.8. The average molecular weight is 412 g/mol. The van der Waals surface area contributed by atoms with Gasteiger partial charge in [-0.25, -0.2) is 9.18 Å². The van der Waals surface area contributed by atoms with Gasteiger partial charge in [-0.15, -0.1) is 0 Å². The molecule has 1 N–H and O–H groups in total. The van der Waals surface area contributed by atoms with Crippen molar-refractivity contribution in [3.63, 3.8) is 0 Å². The molecule has 0 saturated carbocycles. The van der Waals surface area contributed by atoms with Gasteiger partial charge < -0.3 is 24.3 Å². The number of benzene rings is 2. The van der Waals surface area contributed by atoms with Crippen molar-refractivity contribution in [3.8, 4) is 17.2 Å². The van der Waals surface area contributed by atoms with Crippen LogP contribution in [-0.2, 0) is 9.53 Å². The number of esters is 1. The van der Waals surface area contributed by atoms with E-state index in [0.29, 0.717) is 5.75 Å². The maximum atomic E-state index is 13.1. The first kappa shape index (κ1) is 21.3. The summed E-state index contributed by atoms with van der Waals surface area (Å²) in [5, 5.41) is 2.50. The number of ether oxygens (including phenoxy) is 4. The molecular weight excluding hydrogens is 393 g/mol. The van der Waals surface area contributed by atoms with Gasteiger partial charge in [-0.3, -0.25) is 4.79 Å². The van der Waals surface area contributed by atoms with E-state index >= 15 is 0 Å². The van der Waals surface area contributed by atoms with Gasteiger partial charge in [-0.2, -0.15) is 0 Å². The zero-order valence-electron chi connectivity index (χ0n) is 15.7. The van der Waals surface area contributed by atoms with Crippen molar-refractivity contribution in [2.75, 3.05) is 26.6 Å². The third-order valence-electron chi connectivity index (χ3n) is 3.74. The maximum absolute atomic E-state index is 13.1. The van der Waals surface area contributed by atoms with Gasteiger partial charge in [0.05, 0.1) is 37.6 Å². The zero-order chi connectivity index (χ0) is 20.8. The van der Waals surface area contributed by atoms with Crippen LogP contribution in [0, 0.1) is 5.82 Å². The first-order valence-electron chi connectivity index (χ1n) is 8.07. The molecule has 2 rings (SSSR count). The molecule has 0 radical (unpaired) electrons. The van der Waals surface area contributed by atoms with E-state index < -0.39 is 23.8 Å². The lowest BCUT2D eigenvalue weighted by atomic mass is 10.2. The monoisotopic (exact) mass is 411 g/mol. The summed E-state index contributed by atoms with van der Waals surface area (Å²) in [6.45, 7) is 1.39. The Morgan fingerprint density at radius 3 is 2.14 bits per heavy atom. The van der Waals surface area contributed by atoms with E-state index in [4.69, 9.17) is 30.5 Å². The third kappa shape index (κ3) is 4.83. The molecule has 0 fully saturated rings. The molecule has 0 aliphatic heterocycles. The highest BCUT2D eigenvalue weighted by Crippen LogP contribution is 2.38. The van der Waals surface area contributed by atoms with Crippen molar-refractivity contribution in [3.05, 3.63) is 46.7 Å². The van der Waals surface area contributed by atoms with E-state index in [0.717, 1.165) is 12.1 Å². The van der Waals surface area contributed by atoms with Crippen molar-refractivity contribution >= 4 is 29.2 Å². The van der Waals surface area contributed by atoms with Crippen molar-refractivity contribution in [2.45, 2.75) is 13.0 Å². The quantitative estimate of drug-likeness (QED) is 0.700. The number of carbonyl (C=O) groups excluding carboxylic acids is 2. The summed E-state index contributed by atoms with van der Waals surface area (Å²) in [5.74, 6) is -1.09. The number of nitrogens with one attached hydrogen (secondary N) is 1. The van der Waals surface area contributed by atoms with E-state index in [1.807, 2.05) is 0 Å². The molecule has 0 bridgehead atoms. The summed E-state index contributed by atoms with van der Waals surface area (Å²) >= 11 is 5.87. The Hall–Kier alpha value is -3.00. The topological polar surface area (TPSA) is 83.1 Å². The number of hydrogen-bond donors (Lipinski definition) is 1. The zero-order valence-corrected chi connectivity index (χ0v) is 16.4. The summed E-state index contributed by atoms with van der Waals surface area (Å²) in [4.78, 5) is 24.7. The third-order valence-corrected chi connectivity index (χ3v) is 4.06. The number of hydrogen-bond acceptors (Lipinski definition) is 6. The molecule has 0 aromatic heterocycles. The lowest BCUT2D eigenvalue weighted by Crippen LogP contribution is -2.30. The van der Waals surface area contributed by atoms with Crippen molar-refractivity contribution in [2.24, 2.45) is 0 Å². The van der Waals surface area contributed by atoms with Crippen LogP contribution < -0.4 is 19.5 Å². The summed E-state index contributed by atoms with van der Waals surface area (Å²) in [6, 6.07) is 6.33. The largest absolute Gasteiger partial charge is 0.493 e. The molecular formula is C19H19ClFNO6. The van der Waals surface area contributed by atoms with Crippen molar-refractivity contribution < 1.29 is 32.9 Å². The molecule has 0 unspecified atom stereocenters. The minimum atomic E-state index is -1.15. The molecule has 150 valence electrons. The van der Waals surface area contributed by atoms with Crippen LogP contribution in [0.25, 0.3) is 0 Å². The van der Waals surface area contributed by atoms with Gasteiger partial charge in [0.1, 0.15) is 5.82 Å². The van der Waals surface area contributed by atoms with E-state index in [2.05, 4.69) is 5.32 Å². The Morgan fingerprint density at radius 1 is 1.04 bits per heavy atom. The first-order valence-corrected chi connectivity index (χ1v) is 8.45. The molecule has 0 aliphatic rings. The van der Waals surface area contributed by atoms with Gasteiger partial charge in [0.2, 0.25) is 5.75 Å². The van der Waals surface area contributed by atoms with Crippen LogP contribution in [0.4, 0.5) is 10.1 Å². The number of methoxy groups -OCH3 is 3. The van der Waals surface area contributed by atoms with Crippen LogP contribution in [0.15, 0.2) is 30.3 Å². The molecule has 7 nitrogen and oxygen atoms in total. The van der Waals surface area contributed by atoms with E-state index in [-0.39, 0.29) is 27.8 Å². The second-order valence-electron chi connectivity index (χ2n) is 5.57. The van der Waals surface area contributed by atoms with Crippen LogP contribution in [0.3, 0.4) is 0 Å². The minimum Gasteiger partial charge on any atom is -0.493 e. The molecule has 0 spiro atoms. The van der Waals surface area contributed by atoms with E-state index in [1.165, 1.54) is 46.5 Å². The van der Waals surface area contributed by atoms with Crippen LogP contribution in [0.1, 0.15) is 17.3 Å². The van der Waals surface area contributed by atoms with Crippen LogP contribution >= 0.6 is 11.6 Å². The average Bonchev–Trinajstić information content (AvgIpc) is 2.68. The van der Waals surface area contributed by atoms with E-state index in [9.17, 15) is 14.0 Å². The highest BCUT2D eigenvalue weighted by Gasteiger charge is 2.23. The molecule has 9 heteroatoms. The fraction of sp³-hybridized carbons (Fsp3) is 0.263. The van der Waals surface area contributed by atoms with Crippen molar-refractivity contribution in [1.82, 2.24) is 0 Å². The number of rotatable bonds is 7. The van der Waals surface area contributed by atoms with Crippen LogP contribution in [0.2, 0.25) is 5.02 Å². The van der Waals surface area contributed by atoms with Gasteiger partial charge in [-0.05, 0) is 37.3 Å². The number of amides is 1.